The minimum atomic E-state index is -0.474. The molecular formula is C12H23N3O2. The Morgan fingerprint density at radius 2 is 2.00 bits per heavy atom. The Kier molecular flexibility index (Phi) is 4.93. The fourth-order valence-corrected chi connectivity index (χ4v) is 2.46. The van der Waals surface area contributed by atoms with Gasteiger partial charge in [-0.1, -0.05) is 6.92 Å². The van der Waals surface area contributed by atoms with Gasteiger partial charge in [-0.05, 0) is 32.1 Å². The van der Waals surface area contributed by atoms with E-state index < -0.39 is 5.91 Å². The number of likely N-dealkylation sites (N-methyl/N-ethyl adjacent to an activating group) is 1. The second kappa shape index (κ2) is 6.00. The molecule has 98 valence electrons. The lowest BCUT2D eigenvalue weighted by atomic mass is 9.78. The average molecular weight is 241 g/mol. The molecule has 0 radical (unpaired) electrons. The first-order valence-corrected chi connectivity index (χ1v) is 6.28. The Bertz CT molecular complexity index is 293. The summed E-state index contributed by atoms with van der Waals surface area (Å²) >= 11 is 0. The molecule has 5 nitrogen and oxygen atoms in total. The van der Waals surface area contributed by atoms with E-state index in [1.807, 2.05) is 6.92 Å². The number of nitrogens with two attached hydrogens (primary N) is 2. The van der Waals surface area contributed by atoms with Crippen LogP contribution in [0.15, 0.2) is 0 Å². The summed E-state index contributed by atoms with van der Waals surface area (Å²) in [6.07, 6.45) is 2.77. The largest absolute Gasteiger partial charge is 0.368 e. The third-order valence-electron chi connectivity index (χ3n) is 3.52. The number of rotatable bonds is 4. The van der Waals surface area contributed by atoms with Crippen molar-refractivity contribution in [2.45, 2.75) is 39.2 Å². The average Bonchev–Trinajstić information content (AvgIpc) is 2.28. The molecule has 4 N–H and O–H groups in total. The van der Waals surface area contributed by atoms with Crippen molar-refractivity contribution in [3.63, 3.8) is 0 Å². The maximum absolute atomic E-state index is 12.3. The van der Waals surface area contributed by atoms with Gasteiger partial charge < -0.3 is 16.4 Å². The number of carbonyl (C=O) groups excluding carboxylic acids is 2. The van der Waals surface area contributed by atoms with Crippen LogP contribution in [0.5, 0.6) is 0 Å². The van der Waals surface area contributed by atoms with Crippen LogP contribution in [-0.2, 0) is 9.59 Å². The molecule has 0 saturated heterocycles. The number of amides is 2. The Balaban J connectivity index is 2.68. The monoisotopic (exact) mass is 241 g/mol. The van der Waals surface area contributed by atoms with Crippen molar-refractivity contribution in [2.24, 2.45) is 23.3 Å². The van der Waals surface area contributed by atoms with Crippen LogP contribution in [0, 0.1) is 11.8 Å². The van der Waals surface area contributed by atoms with Gasteiger partial charge in [-0.2, -0.15) is 0 Å². The molecule has 1 saturated carbocycles. The van der Waals surface area contributed by atoms with Crippen molar-refractivity contribution < 1.29 is 9.59 Å². The van der Waals surface area contributed by atoms with Gasteiger partial charge in [-0.3, -0.25) is 9.59 Å². The quantitative estimate of drug-likeness (QED) is 0.730. The molecule has 1 aliphatic carbocycles. The molecule has 3 unspecified atom stereocenters. The first kappa shape index (κ1) is 14.0. The van der Waals surface area contributed by atoms with Gasteiger partial charge in [-0.15, -0.1) is 0 Å². The van der Waals surface area contributed by atoms with Crippen molar-refractivity contribution in [3.05, 3.63) is 0 Å². The lowest BCUT2D eigenvalue weighted by Crippen LogP contribution is -2.49. The maximum Gasteiger partial charge on any atom is 0.237 e. The number of hydrogen-bond acceptors (Lipinski definition) is 3. The predicted molar refractivity (Wildman–Crippen MR) is 65.9 cm³/mol. The molecule has 0 aromatic carbocycles. The van der Waals surface area contributed by atoms with Gasteiger partial charge in [0, 0.05) is 12.6 Å². The highest BCUT2D eigenvalue weighted by molar-refractivity contribution is 5.85. The summed E-state index contributed by atoms with van der Waals surface area (Å²) < 4.78 is 0. The van der Waals surface area contributed by atoms with Crippen LogP contribution in [0.1, 0.15) is 33.1 Å². The second-order valence-corrected chi connectivity index (χ2v) is 5.01. The van der Waals surface area contributed by atoms with Crippen LogP contribution in [0.25, 0.3) is 0 Å². The lowest BCUT2D eigenvalue weighted by Gasteiger charge is -2.34. The van der Waals surface area contributed by atoms with Crippen molar-refractivity contribution in [2.75, 3.05) is 13.1 Å². The van der Waals surface area contributed by atoms with Gasteiger partial charge in [0.05, 0.1) is 12.5 Å². The highest BCUT2D eigenvalue weighted by Gasteiger charge is 2.34. The Hall–Kier alpha value is -1.10. The van der Waals surface area contributed by atoms with E-state index in [1.54, 1.807) is 0 Å². The minimum absolute atomic E-state index is 0.00701. The molecule has 2 amide bonds. The van der Waals surface area contributed by atoms with Crippen molar-refractivity contribution in [3.8, 4) is 0 Å². The molecule has 1 aliphatic rings. The molecular weight excluding hydrogens is 218 g/mol. The molecule has 3 atom stereocenters. The molecule has 1 rings (SSSR count). The summed E-state index contributed by atoms with van der Waals surface area (Å²) in [7, 11) is 0. The van der Waals surface area contributed by atoms with E-state index in [0.717, 1.165) is 19.3 Å². The third kappa shape index (κ3) is 3.70. The first-order chi connectivity index (χ1) is 7.95. The molecule has 0 aliphatic heterocycles. The summed E-state index contributed by atoms with van der Waals surface area (Å²) in [5.74, 6) is -0.128. The molecule has 5 heteroatoms. The SMILES string of the molecule is CCN(CC(N)=O)C(=O)C1CC(C)CCC1N. The fourth-order valence-electron chi connectivity index (χ4n) is 2.46. The van der Waals surface area contributed by atoms with Gasteiger partial charge in [0.2, 0.25) is 11.8 Å². The zero-order chi connectivity index (χ0) is 13.0. The van der Waals surface area contributed by atoms with Crippen molar-refractivity contribution in [1.82, 2.24) is 4.90 Å². The van der Waals surface area contributed by atoms with Crippen LogP contribution >= 0.6 is 0 Å². The van der Waals surface area contributed by atoms with Gasteiger partial charge >= 0.3 is 0 Å². The number of hydrogen-bond donors (Lipinski definition) is 2. The lowest BCUT2D eigenvalue weighted by molar-refractivity contribution is -0.140. The molecule has 0 heterocycles. The van der Waals surface area contributed by atoms with Crippen molar-refractivity contribution in [1.29, 1.82) is 0 Å². The zero-order valence-electron chi connectivity index (χ0n) is 10.7. The Morgan fingerprint density at radius 1 is 1.35 bits per heavy atom. The first-order valence-electron chi connectivity index (χ1n) is 6.28. The fraction of sp³-hybridized carbons (Fsp3) is 0.833. The molecule has 0 aromatic heterocycles. The van der Waals surface area contributed by atoms with E-state index in [2.05, 4.69) is 6.92 Å². The van der Waals surface area contributed by atoms with Gasteiger partial charge in [0.15, 0.2) is 0 Å². The molecule has 17 heavy (non-hydrogen) atoms. The van der Waals surface area contributed by atoms with Crippen LogP contribution in [-0.4, -0.2) is 35.8 Å². The molecule has 1 fully saturated rings. The molecule has 0 spiro atoms. The number of primary amides is 1. The topological polar surface area (TPSA) is 89.4 Å². The summed E-state index contributed by atoms with van der Waals surface area (Å²) in [5.41, 5.74) is 11.1. The summed E-state index contributed by atoms with van der Waals surface area (Å²) in [6.45, 7) is 4.47. The molecule has 0 aromatic rings. The van der Waals surface area contributed by atoms with Crippen LogP contribution in [0.4, 0.5) is 0 Å². The minimum Gasteiger partial charge on any atom is -0.368 e. The number of carbonyl (C=O) groups is 2. The van der Waals surface area contributed by atoms with E-state index in [0.29, 0.717) is 12.5 Å². The Labute approximate surface area is 103 Å². The highest BCUT2D eigenvalue weighted by Crippen LogP contribution is 2.29. The molecule has 0 bridgehead atoms. The van der Waals surface area contributed by atoms with E-state index in [1.165, 1.54) is 4.90 Å². The van der Waals surface area contributed by atoms with Gasteiger partial charge in [0.1, 0.15) is 0 Å². The zero-order valence-corrected chi connectivity index (χ0v) is 10.7. The van der Waals surface area contributed by atoms with Crippen LogP contribution < -0.4 is 11.5 Å². The third-order valence-corrected chi connectivity index (χ3v) is 3.52. The van der Waals surface area contributed by atoms with Crippen LogP contribution in [0.3, 0.4) is 0 Å². The highest BCUT2D eigenvalue weighted by atomic mass is 16.2. The Morgan fingerprint density at radius 3 is 2.53 bits per heavy atom. The smallest absolute Gasteiger partial charge is 0.237 e. The van der Waals surface area contributed by atoms with E-state index in [9.17, 15) is 9.59 Å². The van der Waals surface area contributed by atoms with E-state index in [4.69, 9.17) is 11.5 Å². The summed E-state index contributed by atoms with van der Waals surface area (Å²) in [6, 6.07) is -0.0828. The maximum atomic E-state index is 12.3. The summed E-state index contributed by atoms with van der Waals surface area (Å²) in [5, 5.41) is 0. The number of nitrogens with zero attached hydrogens (tertiary/aromatic N) is 1. The predicted octanol–water partition coefficient (Wildman–Crippen LogP) is 0.0837. The van der Waals surface area contributed by atoms with E-state index >= 15 is 0 Å². The standard InChI is InChI=1S/C12H23N3O2/c1-3-15(7-11(14)16)12(17)9-6-8(2)4-5-10(9)13/h8-10H,3-7,13H2,1-2H3,(H2,14,16). The normalized spacial score (nSPS) is 28.8. The second-order valence-electron chi connectivity index (χ2n) is 5.01. The summed E-state index contributed by atoms with van der Waals surface area (Å²) in [4.78, 5) is 24.7. The van der Waals surface area contributed by atoms with Gasteiger partial charge in [-0.25, -0.2) is 0 Å². The van der Waals surface area contributed by atoms with Crippen molar-refractivity contribution >= 4 is 11.8 Å². The van der Waals surface area contributed by atoms with Crippen LogP contribution in [0.2, 0.25) is 0 Å². The van der Waals surface area contributed by atoms with Gasteiger partial charge in [0.25, 0.3) is 0 Å². The van der Waals surface area contributed by atoms with E-state index in [-0.39, 0.29) is 24.4 Å².